The predicted molar refractivity (Wildman–Crippen MR) is 77.1 cm³/mol. The molecule has 1 unspecified atom stereocenters. The van der Waals surface area contributed by atoms with Gasteiger partial charge >= 0.3 is 0 Å². The summed E-state index contributed by atoms with van der Waals surface area (Å²) in [5, 5.41) is 3.09. The molecular formula is C16H26N2O2. The first-order chi connectivity index (χ1) is 9.66. The molecule has 0 bridgehead atoms. The van der Waals surface area contributed by atoms with Crippen LogP contribution in [0, 0.1) is 5.92 Å². The van der Waals surface area contributed by atoms with E-state index in [0.29, 0.717) is 5.92 Å². The Labute approximate surface area is 121 Å². The molecule has 112 valence electrons. The van der Waals surface area contributed by atoms with E-state index in [-0.39, 0.29) is 17.9 Å². The Balaban J connectivity index is 1.81. The van der Waals surface area contributed by atoms with Crippen molar-refractivity contribution in [3.8, 4) is 0 Å². The topological polar surface area (TPSA) is 49.4 Å². The van der Waals surface area contributed by atoms with Crippen LogP contribution in [0.15, 0.2) is 0 Å². The van der Waals surface area contributed by atoms with E-state index < -0.39 is 5.54 Å². The minimum absolute atomic E-state index is 0.0904. The average Bonchev–Trinajstić information content (AvgIpc) is 2.83. The Hall–Kier alpha value is -1.06. The molecule has 3 rings (SSSR count). The smallest absolute Gasteiger partial charge is 0.249 e. The van der Waals surface area contributed by atoms with Crippen LogP contribution in [0.4, 0.5) is 0 Å². The maximum atomic E-state index is 13.0. The van der Waals surface area contributed by atoms with Crippen LogP contribution in [0.5, 0.6) is 0 Å². The molecule has 0 aromatic heterocycles. The molecule has 1 heterocycles. The van der Waals surface area contributed by atoms with Crippen LogP contribution >= 0.6 is 0 Å². The van der Waals surface area contributed by atoms with E-state index in [1.54, 1.807) is 0 Å². The fraction of sp³-hybridized carbons (Fsp3) is 0.875. The lowest BCUT2D eigenvalue weighted by molar-refractivity contribution is -0.156. The highest BCUT2D eigenvalue weighted by molar-refractivity contribution is 6.00. The number of hydrogen-bond acceptors (Lipinski definition) is 2. The minimum atomic E-state index is -0.551. The fourth-order valence-electron chi connectivity index (χ4n) is 3.97. The van der Waals surface area contributed by atoms with Crippen molar-refractivity contribution in [1.82, 2.24) is 10.2 Å². The van der Waals surface area contributed by atoms with Crippen molar-refractivity contribution in [3.05, 3.63) is 0 Å². The lowest BCUT2D eigenvalue weighted by Gasteiger charge is -2.46. The molecule has 2 saturated carbocycles. The molecule has 3 aliphatic rings. The van der Waals surface area contributed by atoms with E-state index in [0.717, 1.165) is 45.1 Å². The fourth-order valence-corrected chi connectivity index (χ4v) is 3.97. The van der Waals surface area contributed by atoms with E-state index in [2.05, 4.69) is 12.2 Å². The second-order valence-corrected chi connectivity index (χ2v) is 6.84. The number of nitrogens with zero attached hydrogens (tertiary/aromatic N) is 1. The van der Waals surface area contributed by atoms with Gasteiger partial charge in [-0.05, 0) is 38.0 Å². The van der Waals surface area contributed by atoms with Crippen molar-refractivity contribution >= 4 is 11.8 Å². The van der Waals surface area contributed by atoms with Gasteiger partial charge in [0.1, 0.15) is 11.6 Å². The number of hydrogen-bond donors (Lipinski definition) is 1. The molecule has 20 heavy (non-hydrogen) atoms. The van der Waals surface area contributed by atoms with Gasteiger partial charge in [0.15, 0.2) is 0 Å². The Morgan fingerprint density at radius 2 is 1.90 bits per heavy atom. The quantitative estimate of drug-likeness (QED) is 0.857. The van der Waals surface area contributed by atoms with Gasteiger partial charge in [-0.3, -0.25) is 9.59 Å². The Bertz CT molecular complexity index is 397. The van der Waals surface area contributed by atoms with Crippen LogP contribution < -0.4 is 5.32 Å². The first-order valence-electron chi connectivity index (χ1n) is 8.29. The van der Waals surface area contributed by atoms with Gasteiger partial charge in [-0.1, -0.05) is 32.6 Å². The SMILES string of the molecule is CCCC1C(=O)NC2(CCCC2)C(=O)N1CC1CCC1. The van der Waals surface area contributed by atoms with Crippen molar-refractivity contribution in [3.63, 3.8) is 0 Å². The summed E-state index contributed by atoms with van der Waals surface area (Å²) in [5.41, 5.74) is -0.551. The van der Waals surface area contributed by atoms with Crippen molar-refractivity contribution < 1.29 is 9.59 Å². The normalized spacial score (nSPS) is 29.6. The standard InChI is InChI=1S/C16H26N2O2/c1-2-6-13-14(19)17-16(9-3-4-10-16)15(20)18(13)11-12-7-5-8-12/h12-13H,2-11H2,1H3,(H,17,19). The second kappa shape index (κ2) is 5.38. The van der Waals surface area contributed by atoms with Gasteiger partial charge in [0.2, 0.25) is 11.8 Å². The van der Waals surface area contributed by atoms with Crippen molar-refractivity contribution in [2.75, 3.05) is 6.54 Å². The maximum Gasteiger partial charge on any atom is 0.249 e. The zero-order valence-corrected chi connectivity index (χ0v) is 12.5. The minimum Gasteiger partial charge on any atom is -0.340 e. The molecule has 2 aliphatic carbocycles. The Morgan fingerprint density at radius 1 is 1.20 bits per heavy atom. The molecule has 1 atom stereocenters. The summed E-state index contributed by atoms with van der Waals surface area (Å²) >= 11 is 0. The summed E-state index contributed by atoms with van der Waals surface area (Å²) < 4.78 is 0. The van der Waals surface area contributed by atoms with Crippen LogP contribution in [-0.4, -0.2) is 34.8 Å². The first kappa shape index (κ1) is 13.9. The summed E-state index contributed by atoms with van der Waals surface area (Å²) in [6.45, 7) is 2.89. The molecule has 1 saturated heterocycles. The average molecular weight is 278 g/mol. The molecule has 0 radical (unpaired) electrons. The highest BCUT2D eigenvalue weighted by Gasteiger charge is 2.52. The Morgan fingerprint density at radius 3 is 2.45 bits per heavy atom. The van der Waals surface area contributed by atoms with E-state index in [1.807, 2.05) is 4.90 Å². The summed E-state index contributed by atoms with van der Waals surface area (Å²) in [5.74, 6) is 0.926. The molecule has 2 amide bonds. The third-order valence-electron chi connectivity index (χ3n) is 5.41. The van der Waals surface area contributed by atoms with Gasteiger partial charge < -0.3 is 10.2 Å². The molecule has 1 N–H and O–H groups in total. The molecule has 0 aromatic carbocycles. The van der Waals surface area contributed by atoms with E-state index in [4.69, 9.17) is 0 Å². The van der Waals surface area contributed by atoms with E-state index in [9.17, 15) is 9.59 Å². The largest absolute Gasteiger partial charge is 0.340 e. The lowest BCUT2D eigenvalue weighted by atomic mass is 9.82. The third-order valence-corrected chi connectivity index (χ3v) is 5.41. The van der Waals surface area contributed by atoms with Gasteiger partial charge in [-0.2, -0.15) is 0 Å². The summed E-state index contributed by atoms with van der Waals surface area (Å²) in [7, 11) is 0. The zero-order chi connectivity index (χ0) is 14.2. The highest BCUT2D eigenvalue weighted by Crippen LogP contribution is 2.37. The predicted octanol–water partition coefficient (Wildman–Crippen LogP) is 2.23. The lowest BCUT2D eigenvalue weighted by Crippen LogP contribution is -2.70. The summed E-state index contributed by atoms with van der Waals surface area (Å²) in [6.07, 6.45) is 9.23. The summed E-state index contributed by atoms with van der Waals surface area (Å²) in [4.78, 5) is 27.4. The van der Waals surface area contributed by atoms with Crippen LogP contribution in [-0.2, 0) is 9.59 Å². The second-order valence-electron chi connectivity index (χ2n) is 6.84. The number of carbonyl (C=O) groups is 2. The van der Waals surface area contributed by atoms with Gasteiger partial charge in [0, 0.05) is 6.54 Å². The number of piperazine rings is 1. The number of amides is 2. The number of rotatable bonds is 4. The number of nitrogens with one attached hydrogen (secondary N) is 1. The van der Waals surface area contributed by atoms with Crippen LogP contribution in [0.3, 0.4) is 0 Å². The maximum absolute atomic E-state index is 13.0. The third kappa shape index (κ3) is 2.23. The monoisotopic (exact) mass is 278 g/mol. The molecule has 1 aliphatic heterocycles. The Kier molecular flexibility index (Phi) is 3.74. The zero-order valence-electron chi connectivity index (χ0n) is 12.5. The van der Waals surface area contributed by atoms with E-state index in [1.165, 1.54) is 19.3 Å². The van der Waals surface area contributed by atoms with Crippen molar-refractivity contribution in [2.45, 2.75) is 76.3 Å². The van der Waals surface area contributed by atoms with Gasteiger partial charge in [0.25, 0.3) is 0 Å². The molecule has 4 nitrogen and oxygen atoms in total. The molecule has 3 fully saturated rings. The van der Waals surface area contributed by atoms with Crippen molar-refractivity contribution in [1.29, 1.82) is 0 Å². The number of carbonyl (C=O) groups excluding carboxylic acids is 2. The van der Waals surface area contributed by atoms with Crippen LogP contribution in [0.2, 0.25) is 0 Å². The van der Waals surface area contributed by atoms with E-state index >= 15 is 0 Å². The molecular weight excluding hydrogens is 252 g/mol. The van der Waals surface area contributed by atoms with Gasteiger partial charge in [-0.15, -0.1) is 0 Å². The molecule has 4 heteroatoms. The first-order valence-corrected chi connectivity index (χ1v) is 8.29. The van der Waals surface area contributed by atoms with Gasteiger partial charge in [0.05, 0.1) is 0 Å². The van der Waals surface area contributed by atoms with Crippen LogP contribution in [0.25, 0.3) is 0 Å². The molecule has 0 aromatic rings. The van der Waals surface area contributed by atoms with Gasteiger partial charge in [-0.25, -0.2) is 0 Å². The highest BCUT2D eigenvalue weighted by atomic mass is 16.2. The van der Waals surface area contributed by atoms with Crippen molar-refractivity contribution in [2.24, 2.45) is 5.92 Å². The summed E-state index contributed by atoms with van der Waals surface area (Å²) in [6, 6.07) is -0.223. The van der Waals surface area contributed by atoms with Crippen LogP contribution in [0.1, 0.15) is 64.7 Å². The molecule has 1 spiro atoms.